The molecule has 0 fully saturated rings. The molecule has 0 unspecified atom stereocenters. The van der Waals surface area contributed by atoms with E-state index >= 15 is 0 Å². The van der Waals surface area contributed by atoms with Crippen LogP contribution in [0.25, 0.3) is 0 Å². The standard InChI is InChI=1S/C21H23Cl2FN2O3/c1-13(2)25-21(28)14(3)26(11-15-4-9-18(22)19(23)10-15)20(27)12-29-17-7-5-16(24)6-8-17/h4-10,13-14H,11-12H2,1-3H3,(H,25,28)/t14-/m0/s1. The van der Waals surface area contributed by atoms with Gasteiger partial charge in [0.1, 0.15) is 17.6 Å². The Balaban J connectivity index is 2.17. The third kappa shape index (κ3) is 6.91. The highest BCUT2D eigenvalue weighted by atomic mass is 35.5. The minimum atomic E-state index is -0.740. The number of halogens is 3. The molecule has 0 aromatic heterocycles. The molecule has 0 saturated carbocycles. The van der Waals surface area contributed by atoms with Crippen molar-refractivity contribution in [3.63, 3.8) is 0 Å². The normalized spacial score (nSPS) is 11.8. The number of carbonyl (C=O) groups excluding carboxylic acids is 2. The van der Waals surface area contributed by atoms with Gasteiger partial charge in [0.05, 0.1) is 10.0 Å². The Hall–Kier alpha value is -2.31. The van der Waals surface area contributed by atoms with E-state index in [2.05, 4.69) is 5.32 Å². The number of hydrogen-bond donors (Lipinski definition) is 1. The molecule has 1 atom stereocenters. The minimum Gasteiger partial charge on any atom is -0.484 e. The number of hydrogen-bond acceptors (Lipinski definition) is 3. The van der Waals surface area contributed by atoms with E-state index in [1.54, 1.807) is 25.1 Å². The molecule has 29 heavy (non-hydrogen) atoms. The highest BCUT2D eigenvalue weighted by Crippen LogP contribution is 2.24. The summed E-state index contributed by atoms with van der Waals surface area (Å²) in [6.45, 7) is 5.17. The van der Waals surface area contributed by atoms with Crippen molar-refractivity contribution in [1.29, 1.82) is 0 Å². The molecule has 0 spiro atoms. The van der Waals surface area contributed by atoms with E-state index in [9.17, 15) is 14.0 Å². The fourth-order valence-corrected chi connectivity index (χ4v) is 2.90. The molecule has 5 nitrogen and oxygen atoms in total. The first-order valence-electron chi connectivity index (χ1n) is 9.09. The number of benzene rings is 2. The molecule has 2 rings (SSSR count). The van der Waals surface area contributed by atoms with E-state index in [0.29, 0.717) is 15.8 Å². The predicted octanol–water partition coefficient (Wildman–Crippen LogP) is 4.45. The number of ether oxygens (including phenoxy) is 1. The highest BCUT2D eigenvalue weighted by Gasteiger charge is 2.27. The Kier molecular flexibility index (Phi) is 8.29. The quantitative estimate of drug-likeness (QED) is 0.659. The SMILES string of the molecule is CC(C)NC(=O)[C@H](C)N(Cc1ccc(Cl)c(Cl)c1)C(=O)COc1ccc(F)cc1. The number of carbonyl (C=O) groups is 2. The molecular weight excluding hydrogens is 418 g/mol. The molecule has 1 N–H and O–H groups in total. The Morgan fingerprint density at radius 2 is 1.72 bits per heavy atom. The summed E-state index contributed by atoms with van der Waals surface area (Å²) >= 11 is 12.0. The van der Waals surface area contributed by atoms with E-state index in [1.807, 2.05) is 13.8 Å². The van der Waals surface area contributed by atoms with Crippen molar-refractivity contribution in [3.8, 4) is 5.75 Å². The lowest BCUT2D eigenvalue weighted by Gasteiger charge is -2.29. The maximum atomic E-state index is 13.0. The molecule has 2 aromatic carbocycles. The maximum Gasteiger partial charge on any atom is 0.261 e. The van der Waals surface area contributed by atoms with Crippen molar-refractivity contribution in [3.05, 3.63) is 63.9 Å². The van der Waals surface area contributed by atoms with Gasteiger partial charge in [-0.3, -0.25) is 9.59 Å². The van der Waals surface area contributed by atoms with Gasteiger partial charge >= 0.3 is 0 Å². The van der Waals surface area contributed by atoms with Crippen LogP contribution in [0.4, 0.5) is 4.39 Å². The van der Waals surface area contributed by atoms with Gasteiger partial charge in [0.2, 0.25) is 5.91 Å². The molecule has 0 heterocycles. The summed E-state index contributed by atoms with van der Waals surface area (Å²) in [7, 11) is 0. The number of rotatable bonds is 8. The second-order valence-corrected chi connectivity index (χ2v) is 7.67. The lowest BCUT2D eigenvalue weighted by atomic mass is 10.1. The Morgan fingerprint density at radius 3 is 2.31 bits per heavy atom. The van der Waals surface area contributed by atoms with Crippen LogP contribution >= 0.6 is 23.2 Å². The van der Waals surface area contributed by atoms with Gasteiger partial charge in [-0.05, 0) is 62.7 Å². The number of nitrogens with one attached hydrogen (secondary N) is 1. The second-order valence-electron chi connectivity index (χ2n) is 6.85. The van der Waals surface area contributed by atoms with Gasteiger partial charge in [-0.25, -0.2) is 4.39 Å². The van der Waals surface area contributed by atoms with E-state index in [1.165, 1.54) is 29.2 Å². The topological polar surface area (TPSA) is 58.6 Å². The molecule has 2 aromatic rings. The summed E-state index contributed by atoms with van der Waals surface area (Å²) in [5.41, 5.74) is 0.721. The average Bonchev–Trinajstić information content (AvgIpc) is 2.67. The van der Waals surface area contributed by atoms with Crippen molar-refractivity contribution >= 4 is 35.0 Å². The van der Waals surface area contributed by atoms with E-state index < -0.39 is 17.8 Å². The van der Waals surface area contributed by atoms with Crippen molar-refractivity contribution < 1.29 is 18.7 Å². The van der Waals surface area contributed by atoms with Crippen LogP contribution in [0.1, 0.15) is 26.3 Å². The lowest BCUT2D eigenvalue weighted by Crippen LogP contribution is -2.50. The zero-order valence-electron chi connectivity index (χ0n) is 16.4. The Morgan fingerprint density at radius 1 is 1.07 bits per heavy atom. The molecule has 0 saturated heterocycles. The molecule has 8 heteroatoms. The predicted molar refractivity (Wildman–Crippen MR) is 112 cm³/mol. The van der Waals surface area contributed by atoms with Crippen LogP contribution in [0.2, 0.25) is 10.0 Å². The minimum absolute atomic E-state index is 0.0673. The van der Waals surface area contributed by atoms with E-state index in [0.717, 1.165) is 5.56 Å². The van der Waals surface area contributed by atoms with Crippen LogP contribution in [0, 0.1) is 5.82 Å². The van der Waals surface area contributed by atoms with Crippen molar-refractivity contribution in [2.75, 3.05) is 6.61 Å². The zero-order chi connectivity index (χ0) is 21.6. The molecule has 156 valence electrons. The van der Waals surface area contributed by atoms with Gasteiger partial charge in [0.25, 0.3) is 5.91 Å². The van der Waals surface area contributed by atoms with Crippen LogP contribution in [0.5, 0.6) is 5.75 Å². The van der Waals surface area contributed by atoms with Gasteiger partial charge in [-0.2, -0.15) is 0 Å². The molecular formula is C21H23Cl2FN2O3. The second kappa shape index (κ2) is 10.5. The summed E-state index contributed by atoms with van der Waals surface area (Å²) in [5, 5.41) is 3.56. The fraction of sp³-hybridized carbons (Fsp3) is 0.333. The monoisotopic (exact) mass is 440 g/mol. The lowest BCUT2D eigenvalue weighted by molar-refractivity contribution is -0.142. The van der Waals surface area contributed by atoms with Crippen LogP contribution in [-0.4, -0.2) is 35.4 Å². The Labute approximate surface area is 179 Å². The third-order valence-electron chi connectivity index (χ3n) is 4.11. The summed E-state index contributed by atoms with van der Waals surface area (Å²) in [4.78, 5) is 26.8. The van der Waals surface area contributed by atoms with Crippen LogP contribution in [0.3, 0.4) is 0 Å². The first-order chi connectivity index (χ1) is 13.7. The van der Waals surface area contributed by atoms with Crippen molar-refractivity contribution in [2.45, 2.75) is 39.4 Å². The molecule has 0 aliphatic heterocycles. The summed E-state index contributed by atoms with van der Waals surface area (Å²) in [6.07, 6.45) is 0. The molecule has 0 bridgehead atoms. The molecule has 0 aliphatic carbocycles. The number of nitrogens with zero attached hydrogens (tertiary/aromatic N) is 1. The summed E-state index contributed by atoms with van der Waals surface area (Å²) in [5.74, 6) is -0.723. The van der Waals surface area contributed by atoms with Crippen LogP contribution in [0.15, 0.2) is 42.5 Å². The van der Waals surface area contributed by atoms with Gasteiger partial charge in [-0.1, -0.05) is 29.3 Å². The smallest absolute Gasteiger partial charge is 0.261 e. The first kappa shape index (κ1) is 23.0. The summed E-state index contributed by atoms with van der Waals surface area (Å²) < 4.78 is 18.5. The average molecular weight is 441 g/mol. The van der Waals surface area contributed by atoms with Crippen molar-refractivity contribution in [2.24, 2.45) is 0 Å². The summed E-state index contributed by atoms with van der Waals surface area (Å²) in [6, 6.07) is 9.56. The first-order valence-corrected chi connectivity index (χ1v) is 9.85. The van der Waals surface area contributed by atoms with Crippen LogP contribution < -0.4 is 10.1 Å². The van der Waals surface area contributed by atoms with E-state index in [-0.39, 0.29) is 25.1 Å². The van der Waals surface area contributed by atoms with Gasteiger partial charge in [-0.15, -0.1) is 0 Å². The van der Waals surface area contributed by atoms with Crippen LogP contribution in [-0.2, 0) is 16.1 Å². The number of amides is 2. The van der Waals surface area contributed by atoms with E-state index in [4.69, 9.17) is 27.9 Å². The third-order valence-corrected chi connectivity index (χ3v) is 4.85. The maximum absolute atomic E-state index is 13.0. The molecule has 0 radical (unpaired) electrons. The van der Waals surface area contributed by atoms with Crippen molar-refractivity contribution in [1.82, 2.24) is 10.2 Å². The highest BCUT2D eigenvalue weighted by molar-refractivity contribution is 6.42. The fourth-order valence-electron chi connectivity index (χ4n) is 2.58. The molecule has 2 amide bonds. The Bertz CT molecular complexity index is 860. The molecule has 0 aliphatic rings. The van der Waals surface area contributed by atoms with Gasteiger partial charge in [0, 0.05) is 12.6 Å². The largest absolute Gasteiger partial charge is 0.484 e. The van der Waals surface area contributed by atoms with Gasteiger partial charge in [0.15, 0.2) is 6.61 Å². The van der Waals surface area contributed by atoms with Gasteiger partial charge < -0.3 is 15.0 Å². The zero-order valence-corrected chi connectivity index (χ0v) is 17.9.